The van der Waals surface area contributed by atoms with Crippen molar-refractivity contribution in [3.8, 4) is 0 Å². The molecule has 15 heavy (non-hydrogen) atoms. The summed E-state index contributed by atoms with van der Waals surface area (Å²) >= 11 is 5.25. The monoisotopic (exact) mass is 247 g/mol. The van der Waals surface area contributed by atoms with E-state index in [1.807, 2.05) is 31.2 Å². The van der Waals surface area contributed by atoms with Gasteiger partial charge in [0.05, 0.1) is 0 Å². The van der Waals surface area contributed by atoms with Crippen molar-refractivity contribution < 1.29 is 8.42 Å². The summed E-state index contributed by atoms with van der Waals surface area (Å²) in [4.78, 5) is 0. The second kappa shape index (κ2) is 5.49. The van der Waals surface area contributed by atoms with Crippen LogP contribution in [0.3, 0.4) is 0 Å². The molecule has 0 aliphatic carbocycles. The van der Waals surface area contributed by atoms with Gasteiger partial charge in [-0.2, -0.15) is 0 Å². The quantitative estimate of drug-likeness (QED) is 0.805. The van der Waals surface area contributed by atoms with Crippen LogP contribution in [0.5, 0.6) is 0 Å². The molecule has 0 atom stereocenters. The number of hydrogen-bond donors (Lipinski definition) is 1. The minimum atomic E-state index is -3.28. The standard InChI is InChI=1S/C10H14ClNO2S/c1-9-3-2-4-10(7-9)5-6-12-15(13,14)8-11/h2-4,7,12H,5-6,8H2,1H3. The van der Waals surface area contributed by atoms with E-state index >= 15 is 0 Å². The first-order valence-electron chi connectivity index (χ1n) is 4.62. The molecular weight excluding hydrogens is 234 g/mol. The SMILES string of the molecule is Cc1cccc(CCNS(=O)(=O)CCl)c1. The molecule has 0 radical (unpaired) electrons. The predicted octanol–water partition coefficient (Wildman–Crippen LogP) is 1.65. The van der Waals surface area contributed by atoms with Gasteiger partial charge in [0.15, 0.2) is 0 Å². The van der Waals surface area contributed by atoms with Gasteiger partial charge in [0.25, 0.3) is 0 Å². The molecule has 0 saturated heterocycles. The van der Waals surface area contributed by atoms with Crippen molar-refractivity contribution in [3.63, 3.8) is 0 Å². The Balaban J connectivity index is 2.45. The van der Waals surface area contributed by atoms with Crippen molar-refractivity contribution in [2.75, 3.05) is 11.8 Å². The second-order valence-corrected chi connectivity index (χ2v) is 5.75. The van der Waals surface area contributed by atoms with E-state index in [2.05, 4.69) is 4.72 Å². The van der Waals surface area contributed by atoms with Crippen molar-refractivity contribution in [1.29, 1.82) is 0 Å². The maximum atomic E-state index is 11.0. The number of rotatable bonds is 5. The van der Waals surface area contributed by atoms with Crippen LogP contribution in [0.4, 0.5) is 0 Å². The molecule has 1 rings (SSSR count). The lowest BCUT2D eigenvalue weighted by atomic mass is 10.1. The first-order chi connectivity index (χ1) is 7.03. The number of benzene rings is 1. The summed E-state index contributed by atoms with van der Waals surface area (Å²) < 4.78 is 24.4. The molecule has 0 aliphatic rings. The van der Waals surface area contributed by atoms with Gasteiger partial charge >= 0.3 is 0 Å². The number of halogens is 1. The van der Waals surface area contributed by atoms with Gasteiger partial charge < -0.3 is 0 Å². The van der Waals surface area contributed by atoms with Crippen LogP contribution in [0.15, 0.2) is 24.3 Å². The van der Waals surface area contributed by atoms with Gasteiger partial charge in [0.2, 0.25) is 10.0 Å². The Morgan fingerprint density at radius 2 is 2.13 bits per heavy atom. The van der Waals surface area contributed by atoms with Crippen LogP contribution in [0, 0.1) is 6.92 Å². The van der Waals surface area contributed by atoms with E-state index in [0.717, 1.165) is 5.56 Å². The molecule has 0 heterocycles. The molecule has 0 aromatic heterocycles. The van der Waals surface area contributed by atoms with Crippen molar-refractivity contribution >= 4 is 21.6 Å². The Hall–Kier alpha value is -0.580. The molecule has 0 saturated carbocycles. The summed E-state index contributed by atoms with van der Waals surface area (Å²) in [6.07, 6.45) is 0.678. The molecule has 0 unspecified atom stereocenters. The summed E-state index contributed by atoms with van der Waals surface area (Å²) in [6, 6.07) is 7.98. The van der Waals surface area contributed by atoms with Crippen LogP contribution in [-0.4, -0.2) is 20.2 Å². The zero-order valence-electron chi connectivity index (χ0n) is 8.53. The average molecular weight is 248 g/mol. The van der Waals surface area contributed by atoms with E-state index in [9.17, 15) is 8.42 Å². The first kappa shape index (κ1) is 12.5. The molecule has 3 nitrogen and oxygen atoms in total. The Kier molecular flexibility index (Phi) is 4.57. The molecule has 0 spiro atoms. The Labute approximate surface area is 95.5 Å². The van der Waals surface area contributed by atoms with Gasteiger partial charge in [0, 0.05) is 6.54 Å². The molecule has 0 amide bonds. The van der Waals surface area contributed by atoms with Crippen LogP contribution >= 0.6 is 11.6 Å². The van der Waals surface area contributed by atoms with Crippen LogP contribution in [0.25, 0.3) is 0 Å². The smallest absolute Gasteiger partial charge is 0.214 e. The molecule has 1 aromatic rings. The molecule has 0 bridgehead atoms. The lowest BCUT2D eigenvalue weighted by molar-refractivity contribution is 0.586. The van der Waals surface area contributed by atoms with E-state index in [1.165, 1.54) is 5.56 Å². The lowest BCUT2D eigenvalue weighted by Gasteiger charge is -2.04. The van der Waals surface area contributed by atoms with Gasteiger partial charge in [-0.15, -0.1) is 11.6 Å². The zero-order valence-corrected chi connectivity index (χ0v) is 10.1. The van der Waals surface area contributed by atoms with E-state index in [4.69, 9.17) is 11.6 Å². The minimum absolute atomic E-state index is 0.387. The molecule has 1 N–H and O–H groups in total. The normalized spacial score (nSPS) is 11.6. The van der Waals surface area contributed by atoms with Crippen molar-refractivity contribution in [3.05, 3.63) is 35.4 Å². The Morgan fingerprint density at radius 3 is 2.73 bits per heavy atom. The summed E-state index contributed by atoms with van der Waals surface area (Å²) in [6.45, 7) is 2.39. The molecule has 1 aromatic carbocycles. The van der Waals surface area contributed by atoms with Crippen molar-refractivity contribution in [2.24, 2.45) is 0 Å². The fraction of sp³-hybridized carbons (Fsp3) is 0.400. The summed E-state index contributed by atoms with van der Waals surface area (Å²) in [5.74, 6) is 0. The largest absolute Gasteiger partial charge is 0.225 e. The van der Waals surface area contributed by atoms with Gasteiger partial charge in [-0.05, 0) is 18.9 Å². The number of nitrogens with one attached hydrogen (secondary N) is 1. The molecule has 0 aliphatic heterocycles. The lowest BCUT2D eigenvalue weighted by Crippen LogP contribution is -2.26. The highest BCUT2D eigenvalue weighted by atomic mass is 35.5. The third-order valence-electron chi connectivity index (χ3n) is 1.96. The van der Waals surface area contributed by atoms with E-state index in [-0.39, 0.29) is 5.21 Å². The predicted molar refractivity (Wildman–Crippen MR) is 62.5 cm³/mol. The minimum Gasteiger partial charge on any atom is -0.214 e. The van der Waals surface area contributed by atoms with E-state index in [0.29, 0.717) is 13.0 Å². The van der Waals surface area contributed by atoms with Gasteiger partial charge in [0.1, 0.15) is 5.21 Å². The second-order valence-electron chi connectivity index (χ2n) is 3.36. The third-order valence-corrected chi connectivity index (χ3v) is 3.75. The van der Waals surface area contributed by atoms with Crippen LogP contribution in [0.1, 0.15) is 11.1 Å². The molecule has 5 heteroatoms. The van der Waals surface area contributed by atoms with Crippen LogP contribution < -0.4 is 4.72 Å². The summed E-state index contributed by atoms with van der Waals surface area (Å²) in [5, 5.41) is -0.388. The Morgan fingerprint density at radius 1 is 1.40 bits per heavy atom. The van der Waals surface area contributed by atoms with E-state index in [1.54, 1.807) is 0 Å². The van der Waals surface area contributed by atoms with Crippen molar-refractivity contribution in [2.45, 2.75) is 13.3 Å². The third kappa shape index (κ3) is 4.64. The molecule has 84 valence electrons. The molecular formula is C10H14ClNO2S. The maximum Gasteiger partial charge on any atom is 0.225 e. The number of alkyl halides is 1. The fourth-order valence-electron chi connectivity index (χ4n) is 1.26. The average Bonchev–Trinajstić information content (AvgIpc) is 2.18. The highest BCUT2D eigenvalue weighted by molar-refractivity contribution is 7.90. The highest BCUT2D eigenvalue weighted by Crippen LogP contribution is 2.04. The Bertz CT molecular complexity index is 417. The fourth-order valence-corrected chi connectivity index (χ4v) is 1.98. The van der Waals surface area contributed by atoms with Gasteiger partial charge in [-0.1, -0.05) is 29.8 Å². The van der Waals surface area contributed by atoms with Crippen molar-refractivity contribution in [1.82, 2.24) is 4.72 Å². The van der Waals surface area contributed by atoms with Gasteiger partial charge in [-0.25, -0.2) is 13.1 Å². The van der Waals surface area contributed by atoms with E-state index < -0.39 is 10.0 Å². The number of sulfonamides is 1. The number of hydrogen-bond acceptors (Lipinski definition) is 2. The van der Waals surface area contributed by atoms with Gasteiger partial charge in [-0.3, -0.25) is 0 Å². The molecule has 0 fully saturated rings. The summed E-state index contributed by atoms with van der Waals surface area (Å²) in [5.41, 5.74) is 2.29. The first-order valence-corrected chi connectivity index (χ1v) is 6.81. The maximum absolute atomic E-state index is 11.0. The summed E-state index contributed by atoms with van der Waals surface area (Å²) in [7, 11) is -3.28. The topological polar surface area (TPSA) is 46.2 Å². The van der Waals surface area contributed by atoms with Crippen LogP contribution in [0.2, 0.25) is 0 Å². The van der Waals surface area contributed by atoms with Crippen LogP contribution in [-0.2, 0) is 16.4 Å². The zero-order chi connectivity index (χ0) is 11.3. The highest BCUT2D eigenvalue weighted by Gasteiger charge is 2.06. The number of aryl methyl sites for hydroxylation is 1.